The van der Waals surface area contributed by atoms with E-state index in [2.05, 4.69) is 0 Å². The van der Waals surface area contributed by atoms with Gasteiger partial charge in [-0.05, 0) is 25.8 Å². The number of pyridine rings is 1. The van der Waals surface area contributed by atoms with Gasteiger partial charge in [-0.1, -0.05) is 0 Å². The molecule has 2 fully saturated rings. The van der Waals surface area contributed by atoms with E-state index < -0.39 is 40.7 Å². The number of carboxylic acids is 1. The number of hydrogen-bond donors (Lipinski definition) is 2. The van der Waals surface area contributed by atoms with Gasteiger partial charge in [0.1, 0.15) is 17.1 Å². The molecular formula is C17H16F2N2O4. The van der Waals surface area contributed by atoms with E-state index in [1.807, 2.05) is 0 Å². The molecule has 0 spiro atoms. The van der Waals surface area contributed by atoms with Crippen LogP contribution in [0.1, 0.15) is 36.2 Å². The van der Waals surface area contributed by atoms with Gasteiger partial charge in [0.05, 0.1) is 23.0 Å². The molecule has 1 saturated carbocycles. The Morgan fingerprint density at radius 2 is 2.00 bits per heavy atom. The van der Waals surface area contributed by atoms with Crippen LogP contribution in [-0.2, 0) is 0 Å². The van der Waals surface area contributed by atoms with Crippen LogP contribution in [-0.4, -0.2) is 39.4 Å². The molecule has 2 aromatic rings. The number of carbonyl (C=O) groups is 1. The van der Waals surface area contributed by atoms with Gasteiger partial charge in [-0.2, -0.15) is 0 Å². The lowest BCUT2D eigenvalue weighted by molar-refractivity contribution is 0.0694. The summed E-state index contributed by atoms with van der Waals surface area (Å²) in [5.41, 5.74) is -1.77. The van der Waals surface area contributed by atoms with Crippen molar-refractivity contribution in [3.63, 3.8) is 0 Å². The van der Waals surface area contributed by atoms with Gasteiger partial charge < -0.3 is 19.7 Å². The maximum Gasteiger partial charge on any atom is 0.341 e. The van der Waals surface area contributed by atoms with E-state index in [1.54, 1.807) is 6.92 Å². The number of aliphatic hydroxyl groups excluding tert-OH is 1. The number of aliphatic hydroxyl groups is 1. The van der Waals surface area contributed by atoms with Crippen molar-refractivity contribution < 1.29 is 23.8 Å². The summed E-state index contributed by atoms with van der Waals surface area (Å²) in [6.45, 7) is 1.75. The molecule has 1 aromatic carbocycles. The van der Waals surface area contributed by atoms with Crippen LogP contribution < -0.4 is 10.3 Å². The van der Waals surface area contributed by atoms with Crippen LogP contribution in [0.2, 0.25) is 0 Å². The second-order valence-corrected chi connectivity index (χ2v) is 6.69. The maximum absolute atomic E-state index is 15.2. The highest BCUT2D eigenvalue weighted by Crippen LogP contribution is 2.40. The number of aromatic carboxylic acids is 1. The zero-order valence-corrected chi connectivity index (χ0v) is 13.4. The van der Waals surface area contributed by atoms with Crippen LogP contribution >= 0.6 is 0 Å². The van der Waals surface area contributed by atoms with Gasteiger partial charge in [0.15, 0.2) is 5.82 Å². The maximum atomic E-state index is 15.2. The highest BCUT2D eigenvalue weighted by molar-refractivity contribution is 5.94. The van der Waals surface area contributed by atoms with Gasteiger partial charge >= 0.3 is 5.97 Å². The first kappa shape index (κ1) is 16.0. The van der Waals surface area contributed by atoms with Crippen LogP contribution in [0.3, 0.4) is 0 Å². The summed E-state index contributed by atoms with van der Waals surface area (Å²) in [6, 6.07) is 0.355. The van der Waals surface area contributed by atoms with Crippen molar-refractivity contribution in [2.24, 2.45) is 0 Å². The third-order valence-corrected chi connectivity index (χ3v) is 5.07. The molecule has 1 aliphatic heterocycles. The normalized spacial score (nSPS) is 23.0. The number of fused-ring (bicyclic) bond motifs is 1. The quantitative estimate of drug-likeness (QED) is 0.883. The summed E-state index contributed by atoms with van der Waals surface area (Å²) in [4.78, 5) is 25.1. The number of carboxylic acid groups (broad SMARTS) is 1. The van der Waals surface area contributed by atoms with Crippen molar-refractivity contribution in [2.45, 2.75) is 38.0 Å². The highest BCUT2D eigenvalue weighted by Gasteiger charge is 2.38. The van der Waals surface area contributed by atoms with E-state index in [0.29, 0.717) is 0 Å². The van der Waals surface area contributed by atoms with Crippen molar-refractivity contribution >= 4 is 22.6 Å². The molecule has 6 nitrogen and oxygen atoms in total. The van der Waals surface area contributed by atoms with Crippen molar-refractivity contribution in [2.75, 3.05) is 11.4 Å². The Morgan fingerprint density at radius 3 is 2.52 bits per heavy atom. The lowest BCUT2D eigenvalue weighted by atomic mass is 9.98. The predicted octanol–water partition coefficient (Wildman–Crippen LogP) is 1.88. The van der Waals surface area contributed by atoms with Gasteiger partial charge in [-0.15, -0.1) is 0 Å². The molecule has 4 rings (SSSR count). The number of anilines is 1. The molecule has 25 heavy (non-hydrogen) atoms. The van der Waals surface area contributed by atoms with E-state index in [4.69, 9.17) is 0 Å². The average Bonchev–Trinajstić information content (AvgIpc) is 3.39. The number of rotatable bonds is 3. The van der Waals surface area contributed by atoms with Gasteiger partial charge in [-0.25, -0.2) is 13.6 Å². The first-order valence-corrected chi connectivity index (χ1v) is 8.06. The number of halogens is 2. The summed E-state index contributed by atoms with van der Waals surface area (Å²) in [7, 11) is 0. The molecule has 2 N–H and O–H groups in total. The Morgan fingerprint density at radius 1 is 1.32 bits per heavy atom. The molecule has 8 heteroatoms. The molecule has 0 bridgehead atoms. The minimum absolute atomic E-state index is 0.0810. The van der Waals surface area contributed by atoms with Gasteiger partial charge in [-0.3, -0.25) is 4.79 Å². The van der Waals surface area contributed by atoms with E-state index in [-0.39, 0.29) is 29.2 Å². The summed E-state index contributed by atoms with van der Waals surface area (Å²) in [6.07, 6.45) is 1.95. The topological polar surface area (TPSA) is 82.8 Å². The largest absolute Gasteiger partial charge is 0.477 e. The number of nitrogens with zero attached hydrogens (tertiary/aromatic N) is 2. The molecule has 1 aromatic heterocycles. The van der Waals surface area contributed by atoms with Gasteiger partial charge in [0.2, 0.25) is 5.43 Å². The Balaban J connectivity index is 2.03. The molecule has 0 radical (unpaired) electrons. The summed E-state index contributed by atoms with van der Waals surface area (Å²) >= 11 is 0. The molecule has 0 amide bonds. The minimum atomic E-state index is -1.43. The van der Waals surface area contributed by atoms with E-state index in [0.717, 1.165) is 25.1 Å². The molecule has 2 atom stereocenters. The molecule has 132 valence electrons. The lowest BCUT2D eigenvalue weighted by Gasteiger charge is -2.45. The minimum Gasteiger partial charge on any atom is -0.477 e. The van der Waals surface area contributed by atoms with Crippen molar-refractivity contribution in [3.05, 3.63) is 39.7 Å². The van der Waals surface area contributed by atoms with E-state index in [9.17, 15) is 24.2 Å². The zero-order valence-electron chi connectivity index (χ0n) is 13.4. The average molecular weight is 350 g/mol. The summed E-state index contributed by atoms with van der Waals surface area (Å²) < 4.78 is 31.2. The SMILES string of the molecule is C[C@H]1[C@H](O)CN1c1c(F)cc2c(=O)c(C(=O)O)cn(C3CC3)c2c1F. The van der Waals surface area contributed by atoms with Gasteiger partial charge in [0.25, 0.3) is 0 Å². The second-order valence-electron chi connectivity index (χ2n) is 6.69. The zero-order chi connectivity index (χ0) is 18.0. The lowest BCUT2D eigenvalue weighted by Crippen LogP contribution is -2.59. The molecule has 2 heterocycles. The molecule has 1 aliphatic carbocycles. The van der Waals surface area contributed by atoms with Crippen LogP contribution in [0.15, 0.2) is 17.1 Å². The monoisotopic (exact) mass is 350 g/mol. The summed E-state index contributed by atoms with van der Waals surface area (Å²) in [5, 5.41) is 18.6. The molecule has 2 aliphatic rings. The Kier molecular flexibility index (Phi) is 3.37. The number of β-amino-alcohol motifs (C(OH)–C–C–N with tert-alkyl or cyclic N) is 1. The third-order valence-electron chi connectivity index (χ3n) is 5.07. The highest BCUT2D eigenvalue weighted by atomic mass is 19.1. The fourth-order valence-corrected chi connectivity index (χ4v) is 3.37. The van der Waals surface area contributed by atoms with Crippen molar-refractivity contribution in [1.82, 2.24) is 4.57 Å². The van der Waals surface area contributed by atoms with Crippen molar-refractivity contribution in [3.8, 4) is 0 Å². The van der Waals surface area contributed by atoms with E-state index in [1.165, 1.54) is 9.47 Å². The number of aromatic nitrogens is 1. The van der Waals surface area contributed by atoms with E-state index >= 15 is 4.39 Å². The number of hydrogen-bond acceptors (Lipinski definition) is 4. The Bertz CT molecular complexity index is 967. The van der Waals surface area contributed by atoms with Gasteiger partial charge in [0, 0.05) is 18.8 Å². The van der Waals surface area contributed by atoms with Crippen LogP contribution in [0.4, 0.5) is 14.5 Å². The second kappa shape index (κ2) is 5.26. The van der Waals surface area contributed by atoms with Crippen molar-refractivity contribution in [1.29, 1.82) is 0 Å². The molecule has 0 unspecified atom stereocenters. The standard InChI is InChI=1S/C17H16F2N2O4/c1-7-12(22)6-20(7)15-11(18)4-9-14(13(15)19)21(8-2-3-8)5-10(16(9)23)17(24)25/h4-5,7-8,12,22H,2-3,6H2,1H3,(H,24,25)/t7-,12+/m0/s1. The smallest absolute Gasteiger partial charge is 0.341 e. The first-order chi connectivity index (χ1) is 11.8. The third kappa shape index (κ3) is 2.24. The van der Waals surface area contributed by atoms with Crippen LogP contribution in [0, 0.1) is 11.6 Å². The first-order valence-electron chi connectivity index (χ1n) is 8.06. The van der Waals surface area contributed by atoms with Crippen LogP contribution in [0.25, 0.3) is 10.9 Å². The predicted molar refractivity (Wildman–Crippen MR) is 86.2 cm³/mol. The molecule has 1 saturated heterocycles. The Hall–Kier alpha value is -2.48. The fourth-order valence-electron chi connectivity index (χ4n) is 3.37. The molecular weight excluding hydrogens is 334 g/mol. The Labute approximate surface area is 140 Å². The number of benzene rings is 1. The van der Waals surface area contributed by atoms with Crippen LogP contribution in [0.5, 0.6) is 0 Å². The fraction of sp³-hybridized carbons (Fsp3) is 0.412. The summed E-state index contributed by atoms with van der Waals surface area (Å²) in [5.74, 6) is -3.26.